The van der Waals surface area contributed by atoms with E-state index in [1.54, 1.807) is 30.3 Å². The van der Waals surface area contributed by atoms with Crippen molar-refractivity contribution in [3.63, 3.8) is 0 Å². The summed E-state index contributed by atoms with van der Waals surface area (Å²) in [5.41, 5.74) is 0.440. The standard InChI is InChI=1S/C22H23N3O6/c1-2-29-9-3-8-23-20(26)15-5-6-16-17(11-15)24-22(28)25(21(16)27)12-14-4-7-18-19(10-14)31-13-30-18/h4-7,10-11H,2-3,8-9,12-13H2,1H3,(H,23,26)(H,24,28). The van der Waals surface area contributed by atoms with Crippen molar-refractivity contribution in [1.82, 2.24) is 14.9 Å². The van der Waals surface area contributed by atoms with Gasteiger partial charge in [0.1, 0.15) is 0 Å². The van der Waals surface area contributed by atoms with Crippen molar-refractivity contribution in [1.29, 1.82) is 0 Å². The van der Waals surface area contributed by atoms with Gasteiger partial charge in [-0.3, -0.25) is 14.2 Å². The van der Waals surface area contributed by atoms with Gasteiger partial charge in [-0.15, -0.1) is 0 Å². The van der Waals surface area contributed by atoms with Crippen LogP contribution in [0.5, 0.6) is 11.5 Å². The molecule has 0 aliphatic carbocycles. The Bertz CT molecular complexity index is 1230. The van der Waals surface area contributed by atoms with E-state index in [9.17, 15) is 14.4 Å². The van der Waals surface area contributed by atoms with Crippen molar-refractivity contribution in [3.05, 3.63) is 68.4 Å². The summed E-state index contributed by atoms with van der Waals surface area (Å²) in [6.07, 6.45) is 0.703. The second-order valence-corrected chi connectivity index (χ2v) is 7.08. The normalized spacial score (nSPS) is 12.3. The molecule has 4 rings (SSSR count). The summed E-state index contributed by atoms with van der Waals surface area (Å²) in [7, 11) is 0. The van der Waals surface area contributed by atoms with Gasteiger partial charge in [0.05, 0.1) is 17.4 Å². The van der Waals surface area contributed by atoms with Crippen molar-refractivity contribution in [2.24, 2.45) is 0 Å². The van der Waals surface area contributed by atoms with Gasteiger partial charge in [-0.25, -0.2) is 4.79 Å². The summed E-state index contributed by atoms with van der Waals surface area (Å²) >= 11 is 0. The summed E-state index contributed by atoms with van der Waals surface area (Å²) in [5.74, 6) is 0.940. The fourth-order valence-electron chi connectivity index (χ4n) is 3.38. The van der Waals surface area contributed by atoms with Crippen LogP contribution < -0.4 is 26.0 Å². The van der Waals surface area contributed by atoms with E-state index in [0.29, 0.717) is 54.1 Å². The van der Waals surface area contributed by atoms with Gasteiger partial charge in [-0.05, 0) is 49.2 Å². The monoisotopic (exact) mass is 425 g/mol. The Balaban J connectivity index is 1.55. The van der Waals surface area contributed by atoms with Crippen molar-refractivity contribution in [3.8, 4) is 11.5 Å². The quantitative estimate of drug-likeness (QED) is 0.531. The SMILES string of the molecule is CCOCCCNC(=O)c1ccc2c(=O)n(Cc3ccc4c(c3)OCO4)c(=O)[nH]c2c1. The van der Waals surface area contributed by atoms with E-state index in [1.807, 2.05) is 6.92 Å². The number of H-pyrrole nitrogens is 1. The van der Waals surface area contributed by atoms with Crippen LogP contribution in [0, 0.1) is 0 Å². The highest BCUT2D eigenvalue weighted by atomic mass is 16.7. The second-order valence-electron chi connectivity index (χ2n) is 7.08. The highest BCUT2D eigenvalue weighted by Gasteiger charge is 2.15. The number of amides is 1. The highest BCUT2D eigenvalue weighted by Crippen LogP contribution is 2.32. The predicted octanol–water partition coefficient (Wildman–Crippen LogP) is 1.62. The molecule has 162 valence electrons. The number of hydrogen-bond donors (Lipinski definition) is 2. The molecule has 0 unspecified atom stereocenters. The molecule has 9 heteroatoms. The molecule has 2 aromatic carbocycles. The van der Waals surface area contributed by atoms with E-state index in [-0.39, 0.29) is 19.2 Å². The molecule has 0 atom stereocenters. The lowest BCUT2D eigenvalue weighted by molar-refractivity contribution is 0.0944. The number of aromatic amines is 1. The number of hydrogen-bond acceptors (Lipinski definition) is 6. The Morgan fingerprint density at radius 2 is 2.00 bits per heavy atom. The lowest BCUT2D eigenvalue weighted by Gasteiger charge is -2.09. The zero-order valence-electron chi connectivity index (χ0n) is 17.1. The third-order valence-corrected chi connectivity index (χ3v) is 4.98. The number of rotatable bonds is 8. The first-order valence-corrected chi connectivity index (χ1v) is 10.1. The minimum Gasteiger partial charge on any atom is -0.454 e. The van der Waals surface area contributed by atoms with Crippen molar-refractivity contribution >= 4 is 16.8 Å². The van der Waals surface area contributed by atoms with Crippen molar-refractivity contribution in [2.75, 3.05) is 26.6 Å². The molecule has 31 heavy (non-hydrogen) atoms. The van der Waals surface area contributed by atoms with Crippen LogP contribution in [0.1, 0.15) is 29.3 Å². The molecular formula is C22H23N3O6. The highest BCUT2D eigenvalue weighted by molar-refractivity contribution is 5.97. The molecule has 0 saturated heterocycles. The maximum atomic E-state index is 12.9. The number of fused-ring (bicyclic) bond motifs is 2. The van der Waals surface area contributed by atoms with Crippen LogP contribution in [0.2, 0.25) is 0 Å². The number of benzene rings is 2. The van der Waals surface area contributed by atoms with Gasteiger partial charge in [-0.2, -0.15) is 0 Å². The fourth-order valence-corrected chi connectivity index (χ4v) is 3.38. The molecule has 9 nitrogen and oxygen atoms in total. The summed E-state index contributed by atoms with van der Waals surface area (Å²) in [5, 5.41) is 3.13. The first-order valence-electron chi connectivity index (χ1n) is 10.1. The molecule has 2 heterocycles. The molecule has 1 aliphatic rings. The maximum Gasteiger partial charge on any atom is 0.329 e. The van der Waals surface area contributed by atoms with Gasteiger partial charge in [-0.1, -0.05) is 6.07 Å². The molecule has 3 aromatic rings. The van der Waals surface area contributed by atoms with Crippen LogP contribution in [0.25, 0.3) is 10.9 Å². The largest absolute Gasteiger partial charge is 0.454 e. The predicted molar refractivity (Wildman–Crippen MR) is 114 cm³/mol. The van der Waals surface area contributed by atoms with Crippen LogP contribution >= 0.6 is 0 Å². The molecule has 0 fully saturated rings. The van der Waals surface area contributed by atoms with Gasteiger partial charge in [0.25, 0.3) is 11.5 Å². The minimum absolute atomic E-state index is 0.0861. The summed E-state index contributed by atoms with van der Waals surface area (Å²) < 4.78 is 17.0. The van der Waals surface area contributed by atoms with Crippen LogP contribution in [0.15, 0.2) is 46.0 Å². The van der Waals surface area contributed by atoms with Gasteiger partial charge in [0, 0.05) is 25.3 Å². The Morgan fingerprint density at radius 3 is 2.84 bits per heavy atom. The van der Waals surface area contributed by atoms with E-state index in [1.165, 1.54) is 6.07 Å². The molecular weight excluding hydrogens is 402 g/mol. The topological polar surface area (TPSA) is 112 Å². The zero-order valence-corrected chi connectivity index (χ0v) is 17.1. The first-order chi connectivity index (χ1) is 15.1. The number of nitrogens with one attached hydrogen (secondary N) is 2. The molecule has 0 radical (unpaired) electrons. The number of nitrogens with zero attached hydrogens (tertiary/aromatic N) is 1. The Kier molecular flexibility index (Phi) is 6.03. The van der Waals surface area contributed by atoms with E-state index >= 15 is 0 Å². The number of ether oxygens (including phenoxy) is 3. The molecule has 2 N–H and O–H groups in total. The second kappa shape index (κ2) is 9.05. The van der Waals surface area contributed by atoms with Crippen LogP contribution in [0.4, 0.5) is 0 Å². The number of aromatic nitrogens is 2. The Morgan fingerprint density at radius 1 is 1.16 bits per heavy atom. The van der Waals surface area contributed by atoms with E-state index < -0.39 is 11.2 Å². The van der Waals surface area contributed by atoms with Crippen LogP contribution in [0.3, 0.4) is 0 Å². The molecule has 1 aromatic heterocycles. The number of carbonyl (C=O) groups excluding carboxylic acids is 1. The smallest absolute Gasteiger partial charge is 0.329 e. The third kappa shape index (κ3) is 4.46. The lowest BCUT2D eigenvalue weighted by atomic mass is 10.1. The lowest BCUT2D eigenvalue weighted by Crippen LogP contribution is -2.35. The van der Waals surface area contributed by atoms with Crippen LogP contribution in [-0.4, -0.2) is 42.0 Å². The third-order valence-electron chi connectivity index (χ3n) is 4.98. The van der Waals surface area contributed by atoms with E-state index in [0.717, 1.165) is 10.1 Å². The van der Waals surface area contributed by atoms with Gasteiger partial charge >= 0.3 is 5.69 Å². The van der Waals surface area contributed by atoms with Gasteiger partial charge in [0.2, 0.25) is 6.79 Å². The molecule has 0 spiro atoms. The van der Waals surface area contributed by atoms with Gasteiger partial charge < -0.3 is 24.5 Å². The van der Waals surface area contributed by atoms with Gasteiger partial charge in [0.15, 0.2) is 11.5 Å². The zero-order chi connectivity index (χ0) is 21.8. The maximum absolute atomic E-state index is 12.9. The summed E-state index contributed by atoms with van der Waals surface area (Å²) in [4.78, 5) is 40.5. The average Bonchev–Trinajstić information content (AvgIpc) is 3.24. The molecule has 1 aliphatic heterocycles. The summed E-state index contributed by atoms with van der Waals surface area (Å²) in [6, 6.07) is 9.92. The van der Waals surface area contributed by atoms with E-state index in [2.05, 4.69) is 10.3 Å². The molecule has 0 bridgehead atoms. The molecule has 0 saturated carbocycles. The van der Waals surface area contributed by atoms with Crippen molar-refractivity contribution < 1.29 is 19.0 Å². The van der Waals surface area contributed by atoms with Crippen molar-refractivity contribution in [2.45, 2.75) is 19.9 Å². The molecule has 1 amide bonds. The van der Waals surface area contributed by atoms with E-state index in [4.69, 9.17) is 14.2 Å². The fraction of sp³-hybridized carbons (Fsp3) is 0.318. The Labute approximate surface area is 177 Å². The summed E-state index contributed by atoms with van der Waals surface area (Å²) in [6.45, 7) is 3.84. The van der Waals surface area contributed by atoms with Crippen LogP contribution in [-0.2, 0) is 11.3 Å². The Hall–Kier alpha value is -3.59. The average molecular weight is 425 g/mol. The number of carbonyl (C=O) groups is 1. The minimum atomic E-state index is -0.551. The first kappa shape index (κ1) is 20.7.